The average molecular weight is 224 g/mol. The van der Waals surface area contributed by atoms with Crippen LogP contribution in [0.3, 0.4) is 0 Å². The molecule has 72 valence electrons. The zero-order valence-corrected chi connectivity index (χ0v) is 8.88. The molecule has 0 saturated carbocycles. The highest BCUT2D eigenvalue weighted by Gasteiger charge is 2.16. The van der Waals surface area contributed by atoms with Crippen LogP contribution < -0.4 is 0 Å². The molecule has 4 heteroatoms. The van der Waals surface area contributed by atoms with Gasteiger partial charge in [-0.15, -0.1) is 0 Å². The minimum absolute atomic E-state index is 0.346. The van der Waals surface area contributed by atoms with Gasteiger partial charge in [-0.2, -0.15) is 11.3 Å². The van der Waals surface area contributed by atoms with Crippen LogP contribution in [0.15, 0.2) is 56.9 Å². The van der Waals surface area contributed by atoms with Crippen LogP contribution in [0.2, 0.25) is 0 Å². The standard InChI is InChI=1S/C10H8O2S2/c11-14(12,10-6-7-13-8-10)9-4-2-1-3-5-9/h1-8H. The maximum absolute atomic E-state index is 11.9. The lowest BCUT2D eigenvalue weighted by molar-refractivity contribution is 0.596. The fourth-order valence-electron chi connectivity index (χ4n) is 1.14. The Morgan fingerprint density at radius 1 is 0.929 bits per heavy atom. The molecule has 0 unspecified atom stereocenters. The number of sulfone groups is 1. The van der Waals surface area contributed by atoms with Crippen molar-refractivity contribution in [3.63, 3.8) is 0 Å². The second-order valence-corrected chi connectivity index (χ2v) is 5.51. The van der Waals surface area contributed by atoms with Crippen LogP contribution in [-0.4, -0.2) is 8.42 Å². The zero-order valence-electron chi connectivity index (χ0n) is 7.25. The molecule has 0 atom stereocenters. The van der Waals surface area contributed by atoms with E-state index in [0.717, 1.165) is 0 Å². The van der Waals surface area contributed by atoms with Crippen molar-refractivity contribution in [3.8, 4) is 0 Å². The van der Waals surface area contributed by atoms with E-state index in [1.807, 2.05) is 0 Å². The van der Waals surface area contributed by atoms with Crippen LogP contribution in [0.1, 0.15) is 0 Å². The summed E-state index contributed by atoms with van der Waals surface area (Å²) in [7, 11) is -3.29. The highest BCUT2D eigenvalue weighted by atomic mass is 32.2. The Hall–Kier alpha value is -1.13. The van der Waals surface area contributed by atoms with Crippen LogP contribution in [0.5, 0.6) is 0 Å². The van der Waals surface area contributed by atoms with Gasteiger partial charge in [0.2, 0.25) is 9.84 Å². The van der Waals surface area contributed by atoms with Gasteiger partial charge >= 0.3 is 0 Å². The lowest BCUT2D eigenvalue weighted by Gasteiger charge is -2.00. The molecule has 14 heavy (non-hydrogen) atoms. The van der Waals surface area contributed by atoms with E-state index in [1.54, 1.807) is 47.2 Å². The molecule has 0 saturated heterocycles. The highest BCUT2D eigenvalue weighted by molar-refractivity contribution is 7.91. The van der Waals surface area contributed by atoms with Gasteiger partial charge in [-0.3, -0.25) is 0 Å². The SMILES string of the molecule is O=S(=O)(c1ccccc1)c1ccsc1. The van der Waals surface area contributed by atoms with E-state index >= 15 is 0 Å². The number of hydrogen-bond donors (Lipinski definition) is 0. The molecule has 0 fully saturated rings. The summed E-state index contributed by atoms with van der Waals surface area (Å²) in [6.45, 7) is 0. The van der Waals surface area contributed by atoms with Crippen molar-refractivity contribution >= 4 is 21.2 Å². The van der Waals surface area contributed by atoms with Gasteiger partial charge in [0.15, 0.2) is 0 Å². The Balaban J connectivity index is 2.55. The van der Waals surface area contributed by atoms with Crippen molar-refractivity contribution in [2.45, 2.75) is 9.79 Å². The van der Waals surface area contributed by atoms with Gasteiger partial charge < -0.3 is 0 Å². The van der Waals surface area contributed by atoms with Crippen LogP contribution in [0.25, 0.3) is 0 Å². The number of hydrogen-bond acceptors (Lipinski definition) is 3. The number of rotatable bonds is 2. The van der Waals surface area contributed by atoms with Crippen LogP contribution in [0.4, 0.5) is 0 Å². The largest absolute Gasteiger partial charge is 0.218 e. The minimum Gasteiger partial charge on any atom is -0.218 e. The Kier molecular flexibility index (Phi) is 2.39. The average Bonchev–Trinajstić information content (AvgIpc) is 2.72. The van der Waals surface area contributed by atoms with E-state index in [-0.39, 0.29) is 0 Å². The number of benzene rings is 1. The van der Waals surface area contributed by atoms with Crippen LogP contribution in [-0.2, 0) is 9.84 Å². The quantitative estimate of drug-likeness (QED) is 0.785. The molecular weight excluding hydrogens is 216 g/mol. The van der Waals surface area contributed by atoms with E-state index < -0.39 is 9.84 Å². The molecule has 1 aromatic heterocycles. The molecule has 0 aliphatic rings. The van der Waals surface area contributed by atoms with Gasteiger partial charge in [0, 0.05) is 5.38 Å². The summed E-state index contributed by atoms with van der Waals surface area (Å²) in [5, 5.41) is 3.40. The molecule has 0 bridgehead atoms. The summed E-state index contributed by atoms with van der Waals surface area (Å²) >= 11 is 1.38. The van der Waals surface area contributed by atoms with Crippen LogP contribution >= 0.6 is 11.3 Å². The lowest BCUT2D eigenvalue weighted by Crippen LogP contribution is -1.99. The maximum atomic E-state index is 11.9. The molecule has 2 nitrogen and oxygen atoms in total. The maximum Gasteiger partial charge on any atom is 0.207 e. The molecule has 0 aliphatic heterocycles. The third kappa shape index (κ3) is 1.58. The molecule has 0 N–H and O–H groups in total. The van der Waals surface area contributed by atoms with Crippen molar-refractivity contribution in [2.75, 3.05) is 0 Å². The fraction of sp³-hybridized carbons (Fsp3) is 0. The van der Waals surface area contributed by atoms with Crippen molar-refractivity contribution in [1.29, 1.82) is 0 Å². The first-order chi connectivity index (χ1) is 6.71. The highest BCUT2D eigenvalue weighted by Crippen LogP contribution is 2.21. The van der Waals surface area contributed by atoms with E-state index in [4.69, 9.17) is 0 Å². The molecule has 0 spiro atoms. The first-order valence-electron chi connectivity index (χ1n) is 4.03. The molecule has 0 radical (unpaired) electrons. The lowest BCUT2D eigenvalue weighted by atomic mass is 10.4. The normalized spacial score (nSPS) is 11.4. The molecular formula is C10H8O2S2. The van der Waals surface area contributed by atoms with Crippen molar-refractivity contribution in [2.24, 2.45) is 0 Å². The number of thiophene rings is 1. The van der Waals surface area contributed by atoms with Gasteiger partial charge in [0.25, 0.3) is 0 Å². The summed E-state index contributed by atoms with van der Waals surface area (Å²) in [6.07, 6.45) is 0. The molecule has 0 amide bonds. The first kappa shape index (κ1) is 9.43. The Morgan fingerprint density at radius 2 is 1.64 bits per heavy atom. The summed E-state index contributed by atoms with van der Waals surface area (Å²) in [5.74, 6) is 0. The van der Waals surface area contributed by atoms with Gasteiger partial charge in [-0.1, -0.05) is 18.2 Å². The first-order valence-corrected chi connectivity index (χ1v) is 6.46. The van der Waals surface area contributed by atoms with Crippen molar-refractivity contribution < 1.29 is 8.42 Å². The Bertz CT molecular complexity index is 498. The predicted octanol–water partition coefficient (Wildman–Crippen LogP) is 2.58. The third-order valence-corrected chi connectivity index (χ3v) is 4.46. The summed E-state index contributed by atoms with van der Waals surface area (Å²) in [6, 6.07) is 10.1. The molecule has 1 aromatic carbocycles. The van der Waals surface area contributed by atoms with Crippen molar-refractivity contribution in [3.05, 3.63) is 47.2 Å². The smallest absolute Gasteiger partial charge is 0.207 e. The monoisotopic (exact) mass is 224 g/mol. The van der Waals surface area contributed by atoms with Gasteiger partial charge in [-0.25, -0.2) is 8.42 Å². The van der Waals surface area contributed by atoms with Gasteiger partial charge in [0.1, 0.15) is 0 Å². The van der Waals surface area contributed by atoms with E-state index in [9.17, 15) is 8.42 Å². The summed E-state index contributed by atoms with van der Waals surface area (Å²) < 4.78 is 23.8. The van der Waals surface area contributed by atoms with E-state index in [1.165, 1.54) is 11.3 Å². The second kappa shape index (κ2) is 3.55. The zero-order chi connectivity index (χ0) is 10.0. The Labute approximate surface area is 86.8 Å². The van der Waals surface area contributed by atoms with Gasteiger partial charge in [0.05, 0.1) is 9.79 Å². The molecule has 2 rings (SSSR count). The third-order valence-electron chi connectivity index (χ3n) is 1.86. The van der Waals surface area contributed by atoms with Crippen LogP contribution in [0, 0.1) is 0 Å². The Morgan fingerprint density at radius 3 is 2.21 bits per heavy atom. The predicted molar refractivity (Wildman–Crippen MR) is 56.2 cm³/mol. The second-order valence-electron chi connectivity index (χ2n) is 2.78. The summed E-state index contributed by atoms with van der Waals surface area (Å²) in [5.41, 5.74) is 0. The van der Waals surface area contributed by atoms with E-state index in [2.05, 4.69) is 0 Å². The van der Waals surface area contributed by atoms with Gasteiger partial charge in [-0.05, 0) is 23.6 Å². The molecule has 0 aliphatic carbocycles. The van der Waals surface area contributed by atoms with E-state index in [0.29, 0.717) is 9.79 Å². The molecule has 1 heterocycles. The topological polar surface area (TPSA) is 34.1 Å². The van der Waals surface area contributed by atoms with Crippen molar-refractivity contribution in [1.82, 2.24) is 0 Å². The fourth-order valence-corrected chi connectivity index (χ4v) is 3.45. The summed E-state index contributed by atoms with van der Waals surface area (Å²) in [4.78, 5) is 0.715. The molecule has 2 aromatic rings. The minimum atomic E-state index is -3.29.